The maximum absolute atomic E-state index is 13.9. The summed E-state index contributed by atoms with van der Waals surface area (Å²) in [5, 5.41) is 0. The molecule has 0 radical (unpaired) electrons. The van der Waals surface area contributed by atoms with E-state index in [1.54, 1.807) is 42.5 Å². The third kappa shape index (κ3) is 2.65. The molecule has 3 aliphatic rings. The van der Waals surface area contributed by atoms with Gasteiger partial charge in [-0.2, -0.15) is 0 Å². The van der Waals surface area contributed by atoms with Gasteiger partial charge in [0.15, 0.2) is 0 Å². The molecule has 2 amide bonds. The number of aryl methyl sites for hydroxylation is 1. The number of para-hydroxylation sites is 1. The molecule has 1 spiro atoms. The fourth-order valence-electron chi connectivity index (χ4n) is 5.44. The van der Waals surface area contributed by atoms with Crippen molar-refractivity contribution in [1.29, 1.82) is 0 Å². The smallest absolute Gasteiger partial charge is 0.241 e. The monoisotopic (exact) mass is 563 g/mol. The molecule has 0 N–H and O–H groups in total. The molecule has 2 heterocycles. The molecule has 7 heteroatoms. The fourth-order valence-corrected chi connectivity index (χ4v) is 6.07. The van der Waals surface area contributed by atoms with Gasteiger partial charge in [-0.15, -0.1) is 0 Å². The van der Waals surface area contributed by atoms with E-state index < -0.39 is 46.9 Å². The number of rotatable bonds is 2. The van der Waals surface area contributed by atoms with Gasteiger partial charge in [-0.05, 0) is 47.2 Å². The summed E-state index contributed by atoms with van der Waals surface area (Å²) in [6.45, 7) is 1.94. The third-order valence-corrected chi connectivity index (χ3v) is 7.93. The molecule has 3 aromatic rings. The van der Waals surface area contributed by atoms with E-state index in [0.717, 1.165) is 14.0 Å². The van der Waals surface area contributed by atoms with Gasteiger partial charge in [0.1, 0.15) is 0 Å². The summed E-state index contributed by atoms with van der Waals surface area (Å²) < 4.78 is 7.01. The second-order valence-corrected chi connectivity index (χ2v) is 10.0. The van der Waals surface area contributed by atoms with Crippen LogP contribution in [0.2, 0.25) is 0 Å². The number of carbonyl (C=O) groups is 4. The number of ketones is 2. The van der Waals surface area contributed by atoms with Crippen molar-refractivity contribution in [3.05, 3.63) is 98.6 Å². The number of halogens is 1. The number of hydrogen-bond donors (Lipinski definition) is 0. The van der Waals surface area contributed by atoms with Gasteiger partial charge in [0.25, 0.3) is 0 Å². The quantitative estimate of drug-likeness (QED) is 0.264. The molecule has 0 aromatic heterocycles. The van der Waals surface area contributed by atoms with Gasteiger partial charge in [0, 0.05) is 14.7 Å². The normalized spacial score (nSPS) is 24.8. The number of hydrogen-bond acceptors (Lipinski definition) is 5. The fraction of sp³-hybridized carbons (Fsp3) is 0.185. The van der Waals surface area contributed by atoms with Crippen molar-refractivity contribution in [3.63, 3.8) is 0 Å². The van der Waals surface area contributed by atoms with Crippen LogP contribution in [0.5, 0.6) is 0 Å². The molecule has 2 fully saturated rings. The van der Waals surface area contributed by atoms with Crippen molar-refractivity contribution in [3.8, 4) is 0 Å². The lowest BCUT2D eigenvalue weighted by molar-refractivity contribution is -0.127. The number of nitrogens with zero attached hydrogens (tertiary/aromatic N) is 1. The van der Waals surface area contributed by atoms with Gasteiger partial charge in [0.2, 0.25) is 29.0 Å². The molecule has 1 aliphatic carbocycles. The van der Waals surface area contributed by atoms with E-state index >= 15 is 0 Å². The number of Topliss-reactive ketones (excluding diaryl/α,β-unsaturated/α-hetero) is 2. The van der Waals surface area contributed by atoms with Crippen LogP contribution in [0.3, 0.4) is 0 Å². The van der Waals surface area contributed by atoms with Crippen molar-refractivity contribution < 1.29 is 23.9 Å². The van der Waals surface area contributed by atoms with E-state index in [1.165, 1.54) is 0 Å². The molecule has 6 nitrogen and oxygen atoms in total. The molecular formula is C27H18INO5. The van der Waals surface area contributed by atoms with E-state index in [4.69, 9.17) is 4.74 Å². The Hall–Kier alpha value is -3.17. The molecule has 3 aromatic carbocycles. The Morgan fingerprint density at radius 2 is 1.38 bits per heavy atom. The van der Waals surface area contributed by atoms with Crippen molar-refractivity contribution in [2.24, 2.45) is 11.8 Å². The van der Waals surface area contributed by atoms with Gasteiger partial charge < -0.3 is 4.74 Å². The Labute approximate surface area is 209 Å². The van der Waals surface area contributed by atoms with Gasteiger partial charge in [-0.25, -0.2) is 4.90 Å². The molecule has 6 rings (SSSR count). The van der Waals surface area contributed by atoms with Crippen molar-refractivity contribution in [2.75, 3.05) is 4.90 Å². The first-order chi connectivity index (χ1) is 16.4. The summed E-state index contributed by atoms with van der Waals surface area (Å²) in [4.78, 5) is 56.3. The lowest BCUT2D eigenvalue weighted by Crippen LogP contribution is -2.51. The van der Waals surface area contributed by atoms with E-state index in [0.29, 0.717) is 11.3 Å². The summed E-state index contributed by atoms with van der Waals surface area (Å²) in [7, 11) is 0. The topological polar surface area (TPSA) is 80.8 Å². The van der Waals surface area contributed by atoms with Crippen molar-refractivity contribution in [1.82, 2.24) is 0 Å². The van der Waals surface area contributed by atoms with Gasteiger partial charge in [-0.1, -0.05) is 66.2 Å². The zero-order chi connectivity index (χ0) is 23.8. The number of fused-ring (bicyclic) bond motifs is 3. The number of benzene rings is 3. The summed E-state index contributed by atoms with van der Waals surface area (Å²) in [5.74, 6) is -4.38. The Morgan fingerprint density at radius 3 is 2.00 bits per heavy atom. The van der Waals surface area contributed by atoms with Crippen molar-refractivity contribution in [2.45, 2.75) is 18.6 Å². The lowest BCUT2D eigenvalue weighted by atomic mass is 9.77. The Morgan fingerprint density at radius 1 is 0.794 bits per heavy atom. The Kier molecular flexibility index (Phi) is 4.66. The van der Waals surface area contributed by atoms with Crippen LogP contribution in [-0.4, -0.2) is 29.0 Å². The first-order valence-corrected chi connectivity index (χ1v) is 12.0. The van der Waals surface area contributed by atoms with Crippen LogP contribution < -0.4 is 4.90 Å². The zero-order valence-corrected chi connectivity index (χ0v) is 20.2. The first-order valence-electron chi connectivity index (χ1n) is 10.9. The predicted molar refractivity (Wildman–Crippen MR) is 131 cm³/mol. The van der Waals surface area contributed by atoms with Crippen LogP contribution >= 0.6 is 22.6 Å². The molecular weight excluding hydrogens is 545 g/mol. The Bertz CT molecular complexity index is 1380. The average molecular weight is 563 g/mol. The predicted octanol–water partition coefficient (Wildman–Crippen LogP) is 4.29. The first kappa shape index (κ1) is 21.4. The zero-order valence-electron chi connectivity index (χ0n) is 18.0. The van der Waals surface area contributed by atoms with Crippen LogP contribution in [0.25, 0.3) is 0 Å². The highest BCUT2D eigenvalue weighted by Crippen LogP contribution is 2.57. The number of ether oxygens (including phenoxy) is 1. The van der Waals surface area contributed by atoms with E-state index in [9.17, 15) is 19.2 Å². The van der Waals surface area contributed by atoms with Crippen molar-refractivity contribution >= 4 is 51.7 Å². The molecule has 0 bridgehead atoms. The minimum absolute atomic E-state index is 0.226. The summed E-state index contributed by atoms with van der Waals surface area (Å²) in [6.07, 6.45) is -0.907. The van der Waals surface area contributed by atoms with Gasteiger partial charge >= 0.3 is 0 Å². The third-order valence-electron chi connectivity index (χ3n) is 7.02. The number of anilines is 1. The number of carbonyl (C=O) groups excluding carboxylic acids is 4. The van der Waals surface area contributed by atoms with E-state index in [2.05, 4.69) is 22.6 Å². The highest BCUT2D eigenvalue weighted by molar-refractivity contribution is 14.1. The van der Waals surface area contributed by atoms with Crippen LogP contribution in [-0.2, 0) is 14.3 Å². The molecule has 3 atom stereocenters. The SMILES string of the molecule is Cc1ccc([C@@H]2OC3(C(=O)c4ccccc4C3=O)[C@H]3C(=O)N(c4ccccc4I)C(=O)[C@@H]23)cc1. The number of imide groups is 1. The summed E-state index contributed by atoms with van der Waals surface area (Å²) in [5.41, 5.74) is 0.516. The molecule has 2 aliphatic heterocycles. The van der Waals surface area contributed by atoms with E-state index in [1.807, 2.05) is 37.3 Å². The minimum Gasteiger partial charge on any atom is -0.349 e. The Balaban J connectivity index is 1.56. The second-order valence-electron chi connectivity index (χ2n) is 8.86. The largest absolute Gasteiger partial charge is 0.349 e. The molecule has 168 valence electrons. The minimum atomic E-state index is -2.05. The lowest BCUT2D eigenvalue weighted by Gasteiger charge is -2.27. The molecule has 34 heavy (non-hydrogen) atoms. The standard InChI is InChI=1S/C27H18INO5/c1-14-10-12-15(13-11-14)22-20-21(26(33)29(25(20)32)19-9-5-4-8-18(19)28)27(34-22)23(30)16-6-2-3-7-17(16)24(27)31/h2-13,20-22H,1H3/t20-,21-,22+/m1/s1. The highest BCUT2D eigenvalue weighted by atomic mass is 127. The molecule has 2 saturated heterocycles. The second kappa shape index (κ2) is 7.41. The molecule has 0 saturated carbocycles. The van der Waals surface area contributed by atoms with Crippen LogP contribution in [0.1, 0.15) is 37.9 Å². The van der Waals surface area contributed by atoms with Crippen LogP contribution in [0.4, 0.5) is 5.69 Å². The van der Waals surface area contributed by atoms with Gasteiger partial charge in [-0.3, -0.25) is 19.2 Å². The van der Waals surface area contributed by atoms with Gasteiger partial charge in [0.05, 0.1) is 23.6 Å². The maximum Gasteiger partial charge on any atom is 0.241 e. The number of amides is 2. The summed E-state index contributed by atoms with van der Waals surface area (Å²) >= 11 is 2.07. The van der Waals surface area contributed by atoms with E-state index in [-0.39, 0.29) is 11.1 Å². The van der Waals surface area contributed by atoms with Crippen LogP contribution in [0, 0.1) is 22.3 Å². The summed E-state index contributed by atoms with van der Waals surface area (Å²) in [6, 6.07) is 20.9. The molecule has 0 unspecified atom stereocenters. The average Bonchev–Trinajstić information content (AvgIpc) is 3.40. The highest BCUT2D eigenvalue weighted by Gasteiger charge is 2.74. The van der Waals surface area contributed by atoms with Crippen LogP contribution in [0.15, 0.2) is 72.8 Å². The maximum atomic E-state index is 13.9.